The summed E-state index contributed by atoms with van der Waals surface area (Å²) in [4.78, 5) is 30.4. The summed E-state index contributed by atoms with van der Waals surface area (Å²) in [5.74, 6) is 0.275. The van der Waals surface area contributed by atoms with Crippen molar-refractivity contribution in [3.8, 4) is 0 Å². The molecule has 1 aromatic carbocycles. The molecule has 0 unspecified atom stereocenters. The molecule has 1 saturated heterocycles. The average molecular weight is 401 g/mol. The Bertz CT molecular complexity index is 1060. The number of anilines is 4. The van der Waals surface area contributed by atoms with Crippen molar-refractivity contribution in [3.63, 3.8) is 0 Å². The Labute approximate surface area is 175 Å². The number of carbonyl (C=O) groups is 1. The van der Waals surface area contributed by atoms with E-state index in [1.54, 1.807) is 24.7 Å². The van der Waals surface area contributed by atoms with Gasteiger partial charge in [0.1, 0.15) is 5.69 Å². The van der Waals surface area contributed by atoms with Gasteiger partial charge in [0.25, 0.3) is 5.91 Å². The van der Waals surface area contributed by atoms with E-state index in [-0.39, 0.29) is 5.91 Å². The minimum absolute atomic E-state index is 0.268. The van der Waals surface area contributed by atoms with Crippen LogP contribution in [0.5, 0.6) is 0 Å². The van der Waals surface area contributed by atoms with Gasteiger partial charge in [-0.3, -0.25) is 9.78 Å². The number of hydrogen-bond donors (Lipinski definition) is 2. The molecule has 5 rings (SSSR count). The Morgan fingerprint density at radius 2 is 1.87 bits per heavy atom. The topological polar surface area (TPSA) is 86.3 Å². The lowest BCUT2D eigenvalue weighted by molar-refractivity contribution is 0.102. The van der Waals surface area contributed by atoms with Crippen LogP contribution in [-0.4, -0.2) is 53.6 Å². The van der Waals surface area contributed by atoms with Crippen molar-refractivity contribution in [2.45, 2.75) is 6.42 Å². The summed E-state index contributed by atoms with van der Waals surface area (Å²) in [7, 11) is 0. The second-order valence-corrected chi connectivity index (χ2v) is 7.36. The smallest absolute Gasteiger partial charge is 0.274 e. The predicted molar refractivity (Wildman–Crippen MR) is 116 cm³/mol. The molecule has 2 aromatic heterocycles. The molecule has 1 fully saturated rings. The van der Waals surface area contributed by atoms with Crippen molar-refractivity contribution < 1.29 is 4.79 Å². The molecule has 8 nitrogen and oxygen atoms in total. The highest BCUT2D eigenvalue weighted by Gasteiger charge is 2.23. The largest absolute Gasteiger partial charge is 0.367 e. The molecule has 0 atom stereocenters. The Kier molecular flexibility index (Phi) is 4.98. The minimum Gasteiger partial charge on any atom is -0.367 e. The van der Waals surface area contributed by atoms with Crippen molar-refractivity contribution in [1.82, 2.24) is 20.3 Å². The van der Waals surface area contributed by atoms with E-state index in [2.05, 4.69) is 47.5 Å². The molecule has 2 aliphatic heterocycles. The lowest BCUT2D eigenvalue weighted by atomic mass is 10.2. The Morgan fingerprint density at radius 1 is 1.00 bits per heavy atom. The highest BCUT2D eigenvalue weighted by atomic mass is 16.1. The van der Waals surface area contributed by atoms with Gasteiger partial charge in [-0.2, -0.15) is 0 Å². The number of amides is 1. The van der Waals surface area contributed by atoms with Crippen molar-refractivity contribution in [3.05, 3.63) is 66.2 Å². The van der Waals surface area contributed by atoms with Crippen molar-refractivity contribution >= 4 is 28.9 Å². The van der Waals surface area contributed by atoms with Crippen LogP contribution in [0.3, 0.4) is 0 Å². The summed E-state index contributed by atoms with van der Waals surface area (Å²) < 4.78 is 0. The van der Waals surface area contributed by atoms with Crippen LogP contribution in [0.25, 0.3) is 0 Å². The first-order valence-corrected chi connectivity index (χ1v) is 10.2. The minimum atomic E-state index is -0.268. The number of pyridine rings is 1. The quantitative estimate of drug-likeness (QED) is 0.693. The zero-order chi connectivity index (χ0) is 20.3. The number of carbonyl (C=O) groups excluding carboxylic acids is 1. The third-order valence-corrected chi connectivity index (χ3v) is 5.51. The van der Waals surface area contributed by atoms with E-state index >= 15 is 0 Å². The van der Waals surface area contributed by atoms with E-state index in [1.165, 1.54) is 5.56 Å². The van der Waals surface area contributed by atoms with Gasteiger partial charge in [-0.05, 0) is 30.2 Å². The first-order valence-electron chi connectivity index (χ1n) is 10.2. The fourth-order valence-corrected chi connectivity index (χ4v) is 4.00. The third kappa shape index (κ3) is 3.57. The molecule has 2 N–H and O–H groups in total. The first kappa shape index (κ1) is 18.5. The number of hydrogen-bond acceptors (Lipinski definition) is 7. The van der Waals surface area contributed by atoms with E-state index in [1.807, 2.05) is 18.2 Å². The fourth-order valence-electron chi connectivity index (χ4n) is 4.00. The Balaban J connectivity index is 1.38. The number of aromatic nitrogens is 3. The Hall–Kier alpha value is -3.52. The summed E-state index contributed by atoms with van der Waals surface area (Å²) in [6, 6.07) is 11.8. The lowest BCUT2D eigenvalue weighted by Gasteiger charge is -2.30. The number of benzene rings is 1. The van der Waals surface area contributed by atoms with E-state index in [9.17, 15) is 4.79 Å². The molecule has 0 spiro atoms. The number of fused-ring (bicyclic) bond motifs is 1. The van der Waals surface area contributed by atoms with Gasteiger partial charge in [0.05, 0.1) is 17.6 Å². The van der Waals surface area contributed by atoms with E-state index < -0.39 is 0 Å². The average Bonchev–Trinajstić information content (AvgIpc) is 3.24. The second kappa shape index (κ2) is 8.08. The van der Waals surface area contributed by atoms with Crippen LogP contribution in [0.1, 0.15) is 16.1 Å². The van der Waals surface area contributed by atoms with Crippen LogP contribution >= 0.6 is 0 Å². The summed E-state index contributed by atoms with van der Waals surface area (Å²) in [6.45, 7) is 4.42. The predicted octanol–water partition coefficient (Wildman–Crippen LogP) is 2.23. The van der Waals surface area contributed by atoms with Crippen LogP contribution in [0.4, 0.5) is 23.0 Å². The number of para-hydroxylation sites is 1. The van der Waals surface area contributed by atoms with Gasteiger partial charge in [-0.15, -0.1) is 0 Å². The lowest BCUT2D eigenvalue weighted by Crippen LogP contribution is -2.43. The molecule has 2 aliphatic rings. The molecule has 30 heavy (non-hydrogen) atoms. The first-order chi connectivity index (χ1) is 14.8. The maximum Gasteiger partial charge on any atom is 0.274 e. The molecular weight excluding hydrogens is 378 g/mol. The maximum absolute atomic E-state index is 13.0. The molecule has 8 heteroatoms. The molecule has 0 bridgehead atoms. The third-order valence-electron chi connectivity index (χ3n) is 5.51. The number of rotatable bonds is 4. The molecule has 1 amide bonds. The van der Waals surface area contributed by atoms with Gasteiger partial charge in [-0.25, -0.2) is 9.97 Å². The van der Waals surface area contributed by atoms with Crippen molar-refractivity contribution in [2.75, 3.05) is 47.8 Å². The monoisotopic (exact) mass is 401 g/mol. The van der Waals surface area contributed by atoms with Crippen molar-refractivity contribution in [1.29, 1.82) is 0 Å². The van der Waals surface area contributed by atoms with E-state index in [0.717, 1.165) is 50.5 Å². The van der Waals surface area contributed by atoms with Crippen LogP contribution in [0.15, 0.2) is 55.0 Å². The molecule has 3 aromatic rings. The van der Waals surface area contributed by atoms with Crippen LogP contribution in [0, 0.1) is 0 Å². The summed E-state index contributed by atoms with van der Waals surface area (Å²) in [6.07, 6.45) is 6.02. The van der Waals surface area contributed by atoms with Gasteiger partial charge < -0.3 is 20.4 Å². The molecule has 0 saturated carbocycles. The van der Waals surface area contributed by atoms with Gasteiger partial charge in [0.15, 0.2) is 0 Å². The Morgan fingerprint density at radius 3 is 2.77 bits per heavy atom. The molecule has 4 heterocycles. The molecule has 0 aliphatic carbocycles. The zero-order valence-corrected chi connectivity index (χ0v) is 16.6. The van der Waals surface area contributed by atoms with Gasteiger partial charge in [-0.1, -0.05) is 18.2 Å². The van der Waals surface area contributed by atoms with Crippen LogP contribution in [-0.2, 0) is 6.42 Å². The number of piperazine rings is 1. The summed E-state index contributed by atoms with van der Waals surface area (Å²) >= 11 is 0. The number of nitrogens with zero attached hydrogens (tertiary/aromatic N) is 5. The molecule has 152 valence electrons. The highest BCUT2D eigenvalue weighted by Crippen LogP contribution is 2.32. The van der Waals surface area contributed by atoms with Gasteiger partial charge >= 0.3 is 0 Å². The second-order valence-electron chi connectivity index (χ2n) is 7.36. The van der Waals surface area contributed by atoms with E-state index in [4.69, 9.17) is 0 Å². The normalized spacial score (nSPS) is 15.7. The van der Waals surface area contributed by atoms with Gasteiger partial charge in [0.2, 0.25) is 5.95 Å². The SMILES string of the molecule is O=C(Nc1cnccc1N1CCNCC1)c1ccnc(N2CCc3ccccc32)n1. The number of nitrogens with one attached hydrogen (secondary N) is 2. The summed E-state index contributed by atoms with van der Waals surface area (Å²) in [5.41, 5.74) is 4.37. The van der Waals surface area contributed by atoms with Crippen molar-refractivity contribution in [2.24, 2.45) is 0 Å². The fraction of sp³-hybridized carbons (Fsp3) is 0.273. The molecule has 0 radical (unpaired) electrons. The summed E-state index contributed by atoms with van der Waals surface area (Å²) in [5, 5.41) is 6.33. The van der Waals surface area contributed by atoms with Crippen LogP contribution < -0.4 is 20.4 Å². The maximum atomic E-state index is 13.0. The van der Waals surface area contributed by atoms with Gasteiger partial charge in [0, 0.05) is 50.8 Å². The van der Waals surface area contributed by atoms with Crippen LogP contribution in [0.2, 0.25) is 0 Å². The molecular formula is C22H23N7O. The van der Waals surface area contributed by atoms with E-state index in [0.29, 0.717) is 17.3 Å². The highest BCUT2D eigenvalue weighted by molar-refractivity contribution is 6.04. The standard InChI is InChI=1S/C22H23N7O/c30-21(26-18-15-24-8-6-20(18)28-13-10-23-11-14-28)17-5-9-25-22(27-17)29-12-7-16-3-1-2-4-19(16)29/h1-6,8-9,15,23H,7,10-14H2,(H,26,30). The zero-order valence-electron chi connectivity index (χ0n) is 16.6.